The minimum Gasteiger partial charge on any atom is -0.495 e. The molecule has 1 aliphatic carbocycles. The molecule has 1 saturated heterocycles. The first-order chi connectivity index (χ1) is 13.7. The summed E-state index contributed by atoms with van der Waals surface area (Å²) in [6.07, 6.45) is 6.04. The number of nitrogens with one attached hydrogen (secondary N) is 2. The smallest absolute Gasteiger partial charge is 0.165 e. The third kappa shape index (κ3) is 3.17. The Morgan fingerprint density at radius 2 is 2.18 bits per heavy atom. The van der Waals surface area contributed by atoms with E-state index in [4.69, 9.17) is 9.84 Å². The number of hydrogen-bond acceptors (Lipinski definition) is 6. The quantitative estimate of drug-likeness (QED) is 0.707. The Balaban J connectivity index is 1.52. The van der Waals surface area contributed by atoms with Crippen LogP contribution in [0.15, 0.2) is 24.4 Å². The van der Waals surface area contributed by atoms with Crippen LogP contribution in [0.4, 0.5) is 10.2 Å². The number of pyridine rings is 1. The number of ether oxygens (including phenoxy) is 1. The van der Waals surface area contributed by atoms with Gasteiger partial charge in [0.2, 0.25) is 0 Å². The lowest BCUT2D eigenvalue weighted by atomic mass is 10.1. The van der Waals surface area contributed by atoms with Crippen LogP contribution in [0.2, 0.25) is 0 Å². The van der Waals surface area contributed by atoms with E-state index in [0.717, 1.165) is 55.9 Å². The summed E-state index contributed by atoms with van der Waals surface area (Å²) in [6.45, 7) is 1.82. The largest absolute Gasteiger partial charge is 0.495 e. The predicted molar refractivity (Wildman–Crippen MR) is 104 cm³/mol. The fourth-order valence-electron chi connectivity index (χ4n) is 3.74. The summed E-state index contributed by atoms with van der Waals surface area (Å²) in [6, 6.07) is 5.20. The highest BCUT2D eigenvalue weighted by molar-refractivity contribution is 5.62. The topological polar surface area (TPSA) is 76.4 Å². The van der Waals surface area contributed by atoms with Crippen LogP contribution in [0, 0.1) is 5.82 Å². The molecule has 3 aromatic heterocycles. The highest BCUT2D eigenvalue weighted by atomic mass is 19.1. The van der Waals surface area contributed by atoms with Crippen LogP contribution in [0.5, 0.6) is 5.75 Å². The molecule has 0 aromatic carbocycles. The molecule has 0 radical (unpaired) electrons. The lowest BCUT2D eigenvalue weighted by molar-refractivity contribution is 0.405. The molecule has 0 unspecified atom stereocenters. The van der Waals surface area contributed by atoms with Crippen molar-refractivity contribution in [3.8, 4) is 17.1 Å². The van der Waals surface area contributed by atoms with Gasteiger partial charge in [0, 0.05) is 24.6 Å². The molecule has 7 nitrogen and oxygen atoms in total. The average Bonchev–Trinajstić information content (AvgIpc) is 3.49. The molecular formula is C20H23FN6O. The van der Waals surface area contributed by atoms with Crippen molar-refractivity contribution in [1.29, 1.82) is 0 Å². The Bertz CT molecular complexity index is 1010. The molecule has 0 amide bonds. The number of rotatable bonds is 5. The van der Waals surface area contributed by atoms with Crippen LogP contribution < -0.4 is 15.4 Å². The average molecular weight is 382 g/mol. The molecule has 28 heavy (non-hydrogen) atoms. The van der Waals surface area contributed by atoms with E-state index in [1.165, 1.54) is 6.07 Å². The van der Waals surface area contributed by atoms with E-state index in [9.17, 15) is 4.39 Å². The Labute approximate surface area is 162 Å². The summed E-state index contributed by atoms with van der Waals surface area (Å²) in [5.41, 5.74) is 3.01. The summed E-state index contributed by atoms with van der Waals surface area (Å²) < 4.78 is 21.6. The molecule has 2 N–H and O–H groups in total. The summed E-state index contributed by atoms with van der Waals surface area (Å²) in [5, 5.41) is 11.3. The van der Waals surface area contributed by atoms with E-state index in [1.54, 1.807) is 23.9 Å². The van der Waals surface area contributed by atoms with Gasteiger partial charge in [-0.05, 0) is 44.4 Å². The molecule has 0 spiro atoms. The van der Waals surface area contributed by atoms with E-state index < -0.39 is 0 Å². The van der Waals surface area contributed by atoms with E-state index >= 15 is 0 Å². The van der Waals surface area contributed by atoms with Gasteiger partial charge >= 0.3 is 0 Å². The normalized spacial score (nSPS) is 19.7. The molecule has 4 heterocycles. The zero-order valence-electron chi connectivity index (χ0n) is 15.8. The number of aromatic nitrogens is 4. The zero-order valence-corrected chi connectivity index (χ0v) is 15.8. The summed E-state index contributed by atoms with van der Waals surface area (Å²) in [7, 11) is 1.66. The van der Waals surface area contributed by atoms with Crippen molar-refractivity contribution in [2.45, 2.75) is 37.6 Å². The monoisotopic (exact) mass is 382 g/mol. The fraction of sp³-hybridized carbons (Fsp3) is 0.450. The summed E-state index contributed by atoms with van der Waals surface area (Å²) in [5.74, 6) is 1.13. The van der Waals surface area contributed by atoms with Crippen molar-refractivity contribution in [2.24, 2.45) is 0 Å². The number of anilines is 1. The Hall–Kier alpha value is -2.74. The third-order valence-electron chi connectivity index (χ3n) is 5.41. The van der Waals surface area contributed by atoms with Crippen molar-refractivity contribution < 1.29 is 9.13 Å². The third-order valence-corrected chi connectivity index (χ3v) is 5.41. The lowest BCUT2D eigenvalue weighted by Crippen LogP contribution is -2.38. The van der Waals surface area contributed by atoms with Gasteiger partial charge in [0.1, 0.15) is 17.1 Å². The highest BCUT2D eigenvalue weighted by Gasteiger charge is 2.30. The van der Waals surface area contributed by atoms with Crippen molar-refractivity contribution >= 4 is 11.5 Å². The zero-order chi connectivity index (χ0) is 19.1. The van der Waals surface area contributed by atoms with Gasteiger partial charge in [-0.15, -0.1) is 0 Å². The van der Waals surface area contributed by atoms with Gasteiger partial charge in [-0.25, -0.2) is 18.9 Å². The summed E-state index contributed by atoms with van der Waals surface area (Å²) >= 11 is 0. The van der Waals surface area contributed by atoms with Gasteiger partial charge in [-0.1, -0.05) is 0 Å². The van der Waals surface area contributed by atoms with Crippen LogP contribution in [-0.2, 0) is 0 Å². The van der Waals surface area contributed by atoms with Gasteiger partial charge in [-0.3, -0.25) is 0 Å². The minimum absolute atomic E-state index is 0.178. The van der Waals surface area contributed by atoms with Crippen molar-refractivity contribution in [1.82, 2.24) is 24.9 Å². The molecule has 8 heteroatoms. The fourth-order valence-corrected chi connectivity index (χ4v) is 3.74. The van der Waals surface area contributed by atoms with Gasteiger partial charge < -0.3 is 15.4 Å². The first kappa shape index (κ1) is 17.4. The molecule has 1 atom stereocenters. The predicted octanol–water partition coefficient (Wildman–Crippen LogP) is 2.98. The molecule has 0 bridgehead atoms. The van der Waals surface area contributed by atoms with Crippen LogP contribution in [0.3, 0.4) is 0 Å². The first-order valence-corrected chi connectivity index (χ1v) is 9.80. The SMILES string of the molecule is COc1cc2ncc(-c3ccc(F)c(N[C@@H]4CCCNC4)n3)n2nc1C1CC1. The maximum atomic E-state index is 14.4. The lowest BCUT2D eigenvalue weighted by Gasteiger charge is -2.24. The second kappa shape index (κ2) is 7.01. The van der Waals surface area contributed by atoms with Crippen LogP contribution >= 0.6 is 0 Å². The Morgan fingerprint density at radius 3 is 2.93 bits per heavy atom. The molecule has 3 aromatic rings. The molecule has 2 aliphatic rings. The van der Waals surface area contributed by atoms with Crippen molar-refractivity contribution in [3.63, 3.8) is 0 Å². The van der Waals surface area contributed by atoms with E-state index in [1.807, 2.05) is 6.07 Å². The molecule has 2 fully saturated rings. The van der Waals surface area contributed by atoms with Gasteiger partial charge in [0.05, 0.1) is 19.0 Å². The van der Waals surface area contributed by atoms with Crippen LogP contribution in [0.1, 0.15) is 37.3 Å². The maximum absolute atomic E-state index is 14.4. The number of hydrogen-bond donors (Lipinski definition) is 2. The summed E-state index contributed by atoms with van der Waals surface area (Å²) in [4.78, 5) is 8.99. The molecular weight excluding hydrogens is 359 g/mol. The highest BCUT2D eigenvalue weighted by Crippen LogP contribution is 2.43. The van der Waals surface area contributed by atoms with Gasteiger partial charge in [0.15, 0.2) is 17.3 Å². The maximum Gasteiger partial charge on any atom is 0.165 e. The number of imidazole rings is 1. The molecule has 1 saturated carbocycles. The van der Waals surface area contributed by atoms with Crippen molar-refractivity contribution in [3.05, 3.63) is 35.9 Å². The van der Waals surface area contributed by atoms with Crippen molar-refractivity contribution in [2.75, 3.05) is 25.5 Å². The second-order valence-corrected chi connectivity index (χ2v) is 7.50. The first-order valence-electron chi connectivity index (χ1n) is 9.80. The molecule has 146 valence electrons. The number of piperidine rings is 1. The number of methoxy groups -OCH3 is 1. The van der Waals surface area contributed by atoms with Crippen LogP contribution in [-0.4, -0.2) is 45.8 Å². The number of fused-ring (bicyclic) bond motifs is 1. The Morgan fingerprint density at radius 1 is 1.29 bits per heavy atom. The molecule has 5 rings (SSSR count). The number of halogens is 1. The minimum atomic E-state index is -0.351. The standard InChI is InChI=1S/C20H23FN6O/c1-28-17-9-18-23-11-16(27(18)26-19(17)12-4-5-12)15-7-6-14(21)20(25-15)24-13-3-2-8-22-10-13/h6-7,9,11-13,22H,2-5,8,10H2,1H3,(H,24,25)/t13-/m1/s1. The number of nitrogens with zero attached hydrogens (tertiary/aromatic N) is 4. The second-order valence-electron chi connectivity index (χ2n) is 7.50. The van der Waals surface area contributed by atoms with E-state index in [-0.39, 0.29) is 17.7 Å². The van der Waals surface area contributed by atoms with E-state index in [0.29, 0.717) is 17.3 Å². The van der Waals surface area contributed by atoms with Gasteiger partial charge in [-0.2, -0.15) is 5.10 Å². The van der Waals surface area contributed by atoms with Crippen LogP contribution in [0.25, 0.3) is 17.0 Å². The molecule has 1 aliphatic heterocycles. The van der Waals surface area contributed by atoms with E-state index in [2.05, 4.69) is 20.6 Å². The van der Waals surface area contributed by atoms with Gasteiger partial charge in [0.25, 0.3) is 0 Å². The Kier molecular flexibility index (Phi) is 4.35.